The van der Waals surface area contributed by atoms with Crippen LogP contribution in [0.3, 0.4) is 0 Å². The molecule has 1 rings (SSSR count). The number of nitrogens with one attached hydrogen (secondary N) is 1. The van der Waals surface area contributed by atoms with Crippen LogP contribution in [0.5, 0.6) is 0 Å². The Morgan fingerprint density at radius 3 is 2.19 bits per heavy atom. The molecule has 6 nitrogen and oxygen atoms in total. The Bertz CT molecular complexity index is 352. The number of carbonyl (C=O) groups is 2. The van der Waals surface area contributed by atoms with Gasteiger partial charge in [-0.25, -0.2) is 0 Å². The van der Waals surface area contributed by atoms with Crippen LogP contribution in [0.1, 0.15) is 34.1 Å². The van der Waals surface area contributed by atoms with Crippen molar-refractivity contribution in [3.8, 4) is 0 Å². The van der Waals surface area contributed by atoms with Gasteiger partial charge in [-0.3, -0.25) is 14.5 Å². The highest BCUT2D eigenvalue weighted by atomic mass is 16.2. The number of hydrogen-bond donors (Lipinski definition) is 2. The van der Waals surface area contributed by atoms with Gasteiger partial charge in [0.15, 0.2) is 0 Å². The van der Waals surface area contributed by atoms with E-state index in [0.717, 1.165) is 32.6 Å². The fourth-order valence-corrected chi connectivity index (χ4v) is 2.37. The Labute approximate surface area is 128 Å². The average molecular weight is 298 g/mol. The molecule has 122 valence electrons. The second-order valence-corrected chi connectivity index (χ2v) is 6.16. The van der Waals surface area contributed by atoms with Gasteiger partial charge in [0.05, 0.1) is 12.6 Å². The third kappa shape index (κ3) is 5.28. The molecular weight excluding hydrogens is 268 g/mol. The summed E-state index contributed by atoms with van der Waals surface area (Å²) in [6, 6.07) is 0.00560. The molecular formula is C15H30N4O2. The molecule has 1 unspecified atom stereocenters. The zero-order valence-electron chi connectivity index (χ0n) is 13.8. The smallest absolute Gasteiger partial charge is 0.242 e. The van der Waals surface area contributed by atoms with Gasteiger partial charge in [-0.1, -0.05) is 20.8 Å². The first kappa shape index (κ1) is 17.9. The third-order valence-electron chi connectivity index (χ3n) is 4.32. The number of amides is 2. The first-order valence-electron chi connectivity index (χ1n) is 7.91. The maximum atomic E-state index is 12.1. The van der Waals surface area contributed by atoms with Crippen molar-refractivity contribution >= 4 is 11.8 Å². The van der Waals surface area contributed by atoms with Crippen molar-refractivity contribution < 1.29 is 9.59 Å². The normalized spacial score (nSPS) is 19.4. The molecule has 3 N–H and O–H groups in total. The molecule has 0 saturated carbocycles. The molecule has 2 amide bonds. The number of nitrogens with two attached hydrogens (primary N) is 1. The Hall–Kier alpha value is -1.14. The van der Waals surface area contributed by atoms with E-state index in [1.807, 2.05) is 18.7 Å². The summed E-state index contributed by atoms with van der Waals surface area (Å²) in [6.45, 7) is 11.5. The molecule has 0 spiro atoms. The quantitative estimate of drug-likeness (QED) is 0.725. The van der Waals surface area contributed by atoms with E-state index in [2.05, 4.69) is 24.1 Å². The molecule has 21 heavy (non-hydrogen) atoms. The van der Waals surface area contributed by atoms with Crippen molar-refractivity contribution in [1.82, 2.24) is 15.1 Å². The highest BCUT2D eigenvalue weighted by molar-refractivity contribution is 5.87. The van der Waals surface area contributed by atoms with Gasteiger partial charge < -0.3 is 16.0 Å². The van der Waals surface area contributed by atoms with Crippen molar-refractivity contribution in [2.75, 3.05) is 32.7 Å². The minimum atomic E-state index is -0.556. The molecule has 0 radical (unpaired) electrons. The lowest BCUT2D eigenvalue weighted by Gasteiger charge is -2.37. The minimum Gasteiger partial charge on any atom is -0.346 e. The number of carbonyl (C=O) groups excluding carboxylic acids is 2. The SMILES string of the molecule is CCC(C)N1CCN(C(=O)CNC(=O)[C@@H](N)C(C)C)CC1. The van der Waals surface area contributed by atoms with Crippen molar-refractivity contribution in [3.63, 3.8) is 0 Å². The summed E-state index contributed by atoms with van der Waals surface area (Å²) >= 11 is 0. The van der Waals surface area contributed by atoms with E-state index in [1.54, 1.807) is 0 Å². The molecule has 6 heteroatoms. The maximum Gasteiger partial charge on any atom is 0.242 e. The fraction of sp³-hybridized carbons (Fsp3) is 0.867. The minimum absolute atomic E-state index is 0.0249. The van der Waals surface area contributed by atoms with Crippen molar-refractivity contribution in [2.24, 2.45) is 11.7 Å². The molecule has 0 aliphatic carbocycles. The lowest BCUT2D eigenvalue weighted by molar-refractivity contribution is -0.135. The second-order valence-electron chi connectivity index (χ2n) is 6.16. The summed E-state index contributed by atoms with van der Waals surface area (Å²) in [4.78, 5) is 28.0. The highest BCUT2D eigenvalue weighted by Crippen LogP contribution is 2.08. The van der Waals surface area contributed by atoms with E-state index < -0.39 is 6.04 Å². The van der Waals surface area contributed by atoms with Crippen LogP contribution in [0.4, 0.5) is 0 Å². The van der Waals surface area contributed by atoms with Gasteiger partial charge in [0.25, 0.3) is 0 Å². The van der Waals surface area contributed by atoms with Crippen LogP contribution in [0.2, 0.25) is 0 Å². The Balaban J connectivity index is 2.33. The maximum absolute atomic E-state index is 12.1. The van der Waals surface area contributed by atoms with Crippen LogP contribution in [0.15, 0.2) is 0 Å². The van der Waals surface area contributed by atoms with Gasteiger partial charge in [0.1, 0.15) is 0 Å². The Morgan fingerprint density at radius 2 is 1.71 bits per heavy atom. The first-order valence-corrected chi connectivity index (χ1v) is 7.91. The number of hydrogen-bond acceptors (Lipinski definition) is 4. The molecule has 1 fully saturated rings. The molecule has 2 atom stereocenters. The van der Waals surface area contributed by atoms with Crippen molar-refractivity contribution in [2.45, 2.75) is 46.2 Å². The fourth-order valence-electron chi connectivity index (χ4n) is 2.37. The van der Waals surface area contributed by atoms with Crippen molar-refractivity contribution in [1.29, 1.82) is 0 Å². The van der Waals surface area contributed by atoms with Gasteiger partial charge in [-0.15, -0.1) is 0 Å². The van der Waals surface area contributed by atoms with Gasteiger partial charge in [0.2, 0.25) is 11.8 Å². The molecule has 1 aliphatic heterocycles. The van der Waals surface area contributed by atoms with E-state index in [-0.39, 0.29) is 24.3 Å². The monoisotopic (exact) mass is 298 g/mol. The third-order valence-corrected chi connectivity index (χ3v) is 4.32. The lowest BCUT2D eigenvalue weighted by atomic mass is 10.1. The van der Waals surface area contributed by atoms with Crippen LogP contribution < -0.4 is 11.1 Å². The molecule has 0 aromatic carbocycles. The molecule has 1 heterocycles. The molecule has 1 aliphatic rings. The molecule has 0 aromatic heterocycles. The lowest BCUT2D eigenvalue weighted by Crippen LogP contribution is -2.54. The Morgan fingerprint density at radius 1 is 1.14 bits per heavy atom. The molecule has 0 bridgehead atoms. The summed E-state index contributed by atoms with van der Waals surface area (Å²) in [7, 11) is 0. The second kappa shape index (κ2) is 8.34. The Kier molecular flexibility index (Phi) is 7.11. The van der Waals surface area contributed by atoms with Crippen LogP contribution in [0, 0.1) is 5.92 Å². The predicted molar refractivity (Wildman–Crippen MR) is 83.7 cm³/mol. The van der Waals surface area contributed by atoms with Crippen LogP contribution in [-0.2, 0) is 9.59 Å². The topological polar surface area (TPSA) is 78.7 Å². The van der Waals surface area contributed by atoms with E-state index in [4.69, 9.17) is 5.73 Å². The average Bonchev–Trinajstić information content (AvgIpc) is 2.50. The largest absolute Gasteiger partial charge is 0.346 e. The number of piperazine rings is 1. The van der Waals surface area contributed by atoms with E-state index in [0.29, 0.717) is 6.04 Å². The standard InChI is InChI=1S/C15H30N4O2/c1-5-12(4)18-6-8-19(9-7-18)13(20)10-17-15(21)14(16)11(2)3/h11-12,14H,5-10,16H2,1-4H3,(H,17,21)/t12?,14-/m0/s1. The van der Waals surface area contributed by atoms with Gasteiger partial charge in [-0.05, 0) is 19.3 Å². The summed E-state index contributed by atoms with van der Waals surface area (Å²) in [5.74, 6) is -0.209. The zero-order chi connectivity index (χ0) is 16.0. The number of nitrogens with zero attached hydrogens (tertiary/aromatic N) is 2. The van der Waals surface area contributed by atoms with Crippen molar-refractivity contribution in [3.05, 3.63) is 0 Å². The summed E-state index contributed by atoms with van der Waals surface area (Å²) in [6.07, 6.45) is 1.12. The van der Waals surface area contributed by atoms with Crippen LogP contribution >= 0.6 is 0 Å². The van der Waals surface area contributed by atoms with Crippen LogP contribution in [0.25, 0.3) is 0 Å². The highest BCUT2D eigenvalue weighted by Gasteiger charge is 2.24. The predicted octanol–water partition coefficient (Wildman–Crippen LogP) is 0.0286. The van der Waals surface area contributed by atoms with Crippen LogP contribution in [-0.4, -0.2) is 66.4 Å². The van der Waals surface area contributed by atoms with E-state index >= 15 is 0 Å². The van der Waals surface area contributed by atoms with Gasteiger partial charge >= 0.3 is 0 Å². The van der Waals surface area contributed by atoms with Gasteiger partial charge in [-0.2, -0.15) is 0 Å². The van der Waals surface area contributed by atoms with E-state index in [9.17, 15) is 9.59 Å². The summed E-state index contributed by atoms with van der Waals surface area (Å²) < 4.78 is 0. The first-order chi connectivity index (χ1) is 9.86. The number of rotatable bonds is 6. The molecule has 1 saturated heterocycles. The summed E-state index contributed by atoms with van der Waals surface area (Å²) in [5.41, 5.74) is 5.75. The molecule has 0 aromatic rings. The van der Waals surface area contributed by atoms with Gasteiger partial charge in [0, 0.05) is 32.2 Å². The summed E-state index contributed by atoms with van der Waals surface area (Å²) in [5, 5.41) is 2.64. The zero-order valence-corrected chi connectivity index (χ0v) is 13.8. The van der Waals surface area contributed by atoms with E-state index in [1.165, 1.54) is 0 Å².